The molecule has 2 heterocycles. The Labute approximate surface area is 305 Å². The maximum Gasteiger partial charge on any atom is 0.164 e. The summed E-state index contributed by atoms with van der Waals surface area (Å²) in [5.74, 6) is 1.93. The Morgan fingerprint density at radius 3 is 1.62 bits per heavy atom. The van der Waals surface area contributed by atoms with Crippen LogP contribution in [-0.4, -0.2) is 19.5 Å². The van der Waals surface area contributed by atoms with Gasteiger partial charge in [-0.1, -0.05) is 133 Å². The molecule has 9 aromatic carbocycles. The first kappa shape index (κ1) is 29.5. The van der Waals surface area contributed by atoms with Gasteiger partial charge in [-0.15, -0.1) is 0 Å². The standard InChI is InChI=1S/C49H30N4/c1-2-11-33(12-3-1)47-50-48(52-49(51-47)38-24-27-41-37(28-38)21-20-32-19-18-31-10-6-7-15-40(31)46(32)41)34-22-25-39(26-23-34)53-44-17-9-8-16-42(44)43-29-35-13-4-5-14-36(35)30-45(43)53/h1-30H. The summed E-state index contributed by atoms with van der Waals surface area (Å²) in [6.45, 7) is 0. The maximum atomic E-state index is 5.12. The summed E-state index contributed by atoms with van der Waals surface area (Å²) in [7, 11) is 0. The van der Waals surface area contributed by atoms with E-state index in [0.29, 0.717) is 17.5 Å². The fourth-order valence-corrected chi connectivity index (χ4v) is 8.02. The molecule has 0 aliphatic rings. The van der Waals surface area contributed by atoms with Crippen LogP contribution >= 0.6 is 0 Å². The third kappa shape index (κ3) is 4.80. The SMILES string of the molecule is c1ccc(-c2nc(-c3ccc(-n4c5ccccc5c5cc6ccccc6cc54)cc3)nc(-c3ccc4c(ccc5ccc6ccccc6c54)c3)n2)cc1. The highest BCUT2D eigenvalue weighted by Gasteiger charge is 2.16. The van der Waals surface area contributed by atoms with Crippen LogP contribution in [0.25, 0.3) is 105 Å². The fraction of sp³-hybridized carbons (Fsp3) is 0. The number of aromatic nitrogens is 4. The molecule has 0 amide bonds. The van der Waals surface area contributed by atoms with Crippen LogP contribution in [0.3, 0.4) is 0 Å². The second kappa shape index (κ2) is 11.7. The summed E-state index contributed by atoms with van der Waals surface area (Å²) in [6.07, 6.45) is 0. The van der Waals surface area contributed by atoms with Crippen molar-refractivity contribution in [1.29, 1.82) is 0 Å². The van der Waals surface area contributed by atoms with Gasteiger partial charge in [-0.25, -0.2) is 15.0 Å². The fourth-order valence-electron chi connectivity index (χ4n) is 8.02. The zero-order chi connectivity index (χ0) is 34.9. The van der Waals surface area contributed by atoms with Crippen LogP contribution in [0, 0.1) is 0 Å². The zero-order valence-electron chi connectivity index (χ0n) is 28.6. The molecular formula is C49H30N4. The minimum atomic E-state index is 0.637. The van der Waals surface area contributed by atoms with E-state index in [1.807, 2.05) is 18.2 Å². The van der Waals surface area contributed by atoms with E-state index in [-0.39, 0.29) is 0 Å². The van der Waals surface area contributed by atoms with Gasteiger partial charge in [0, 0.05) is 33.2 Å². The normalized spacial score (nSPS) is 11.8. The van der Waals surface area contributed by atoms with Crippen molar-refractivity contribution in [1.82, 2.24) is 19.5 Å². The molecule has 0 saturated carbocycles. The molecule has 0 radical (unpaired) electrons. The number of hydrogen-bond donors (Lipinski definition) is 0. The lowest BCUT2D eigenvalue weighted by atomic mass is 9.95. The molecule has 0 spiro atoms. The summed E-state index contributed by atoms with van der Waals surface area (Å²) >= 11 is 0. The van der Waals surface area contributed by atoms with E-state index in [9.17, 15) is 0 Å². The predicted molar refractivity (Wildman–Crippen MR) is 220 cm³/mol. The first-order chi connectivity index (χ1) is 26.2. The average molecular weight is 675 g/mol. The Morgan fingerprint density at radius 2 is 0.849 bits per heavy atom. The van der Waals surface area contributed by atoms with Gasteiger partial charge >= 0.3 is 0 Å². The van der Waals surface area contributed by atoms with Crippen molar-refractivity contribution in [2.45, 2.75) is 0 Å². The molecule has 11 rings (SSSR count). The van der Waals surface area contributed by atoms with E-state index >= 15 is 0 Å². The Bertz CT molecular complexity index is 3220. The topological polar surface area (TPSA) is 43.6 Å². The number of rotatable bonds is 4. The van der Waals surface area contributed by atoms with Gasteiger partial charge in [0.15, 0.2) is 17.5 Å². The Balaban J connectivity index is 1.05. The molecular weight excluding hydrogens is 645 g/mol. The van der Waals surface area contributed by atoms with E-state index in [2.05, 4.69) is 168 Å². The summed E-state index contributed by atoms with van der Waals surface area (Å²) in [6, 6.07) is 64.6. The number of benzene rings is 9. The Morgan fingerprint density at radius 1 is 0.302 bits per heavy atom. The van der Waals surface area contributed by atoms with Crippen LogP contribution < -0.4 is 0 Å². The third-order valence-corrected chi connectivity index (χ3v) is 10.6. The largest absolute Gasteiger partial charge is 0.309 e. The smallest absolute Gasteiger partial charge is 0.164 e. The van der Waals surface area contributed by atoms with Crippen molar-refractivity contribution < 1.29 is 0 Å². The first-order valence-corrected chi connectivity index (χ1v) is 17.9. The van der Waals surface area contributed by atoms with Gasteiger partial charge in [-0.2, -0.15) is 0 Å². The van der Waals surface area contributed by atoms with E-state index in [1.165, 1.54) is 59.5 Å². The van der Waals surface area contributed by atoms with Gasteiger partial charge in [-0.05, 0) is 91.6 Å². The van der Waals surface area contributed by atoms with Crippen LogP contribution in [0.5, 0.6) is 0 Å². The molecule has 0 fully saturated rings. The Kier molecular flexibility index (Phi) is 6.52. The van der Waals surface area contributed by atoms with Gasteiger partial charge < -0.3 is 4.57 Å². The lowest BCUT2D eigenvalue weighted by Crippen LogP contribution is -2.00. The van der Waals surface area contributed by atoms with E-state index < -0.39 is 0 Å². The molecule has 0 saturated heterocycles. The third-order valence-electron chi connectivity index (χ3n) is 10.6. The van der Waals surface area contributed by atoms with Crippen LogP contribution in [-0.2, 0) is 0 Å². The lowest BCUT2D eigenvalue weighted by Gasteiger charge is -2.12. The summed E-state index contributed by atoms with van der Waals surface area (Å²) in [5, 5.41) is 12.3. The Hall–Kier alpha value is -7.17. The van der Waals surface area contributed by atoms with Crippen molar-refractivity contribution in [2.75, 3.05) is 0 Å². The molecule has 2 aromatic heterocycles. The molecule has 0 bridgehead atoms. The minimum Gasteiger partial charge on any atom is -0.309 e. The molecule has 0 aliphatic heterocycles. The summed E-state index contributed by atoms with van der Waals surface area (Å²) in [5.41, 5.74) is 6.28. The number of nitrogens with zero attached hydrogens (tertiary/aromatic N) is 4. The van der Waals surface area contributed by atoms with E-state index in [1.54, 1.807) is 0 Å². The molecule has 246 valence electrons. The molecule has 0 N–H and O–H groups in total. The van der Waals surface area contributed by atoms with E-state index in [4.69, 9.17) is 15.0 Å². The van der Waals surface area contributed by atoms with Crippen LogP contribution in [0.15, 0.2) is 182 Å². The highest BCUT2D eigenvalue weighted by Crippen LogP contribution is 2.37. The number of hydrogen-bond acceptors (Lipinski definition) is 3. The maximum absolute atomic E-state index is 5.12. The van der Waals surface area contributed by atoms with Gasteiger partial charge in [0.1, 0.15) is 0 Å². The van der Waals surface area contributed by atoms with Crippen LogP contribution in [0.4, 0.5) is 0 Å². The number of fused-ring (bicyclic) bond motifs is 9. The quantitative estimate of drug-likeness (QED) is 0.175. The summed E-state index contributed by atoms with van der Waals surface area (Å²) in [4.78, 5) is 15.2. The molecule has 53 heavy (non-hydrogen) atoms. The van der Waals surface area contributed by atoms with Gasteiger partial charge in [-0.3, -0.25) is 0 Å². The molecule has 0 atom stereocenters. The van der Waals surface area contributed by atoms with Crippen molar-refractivity contribution >= 4 is 64.9 Å². The highest BCUT2D eigenvalue weighted by atomic mass is 15.0. The monoisotopic (exact) mass is 674 g/mol. The van der Waals surface area contributed by atoms with Crippen molar-refractivity contribution in [3.8, 4) is 39.9 Å². The van der Waals surface area contributed by atoms with Gasteiger partial charge in [0.05, 0.1) is 11.0 Å². The molecule has 11 aromatic rings. The van der Waals surface area contributed by atoms with Gasteiger partial charge in [0.2, 0.25) is 0 Å². The van der Waals surface area contributed by atoms with Crippen LogP contribution in [0.2, 0.25) is 0 Å². The van der Waals surface area contributed by atoms with Crippen molar-refractivity contribution in [2.24, 2.45) is 0 Å². The molecule has 0 aliphatic carbocycles. The second-order valence-corrected chi connectivity index (χ2v) is 13.7. The first-order valence-electron chi connectivity index (χ1n) is 17.9. The van der Waals surface area contributed by atoms with Crippen LogP contribution in [0.1, 0.15) is 0 Å². The molecule has 4 nitrogen and oxygen atoms in total. The molecule has 4 heteroatoms. The van der Waals surface area contributed by atoms with Crippen molar-refractivity contribution in [3.63, 3.8) is 0 Å². The summed E-state index contributed by atoms with van der Waals surface area (Å²) < 4.78 is 2.36. The second-order valence-electron chi connectivity index (χ2n) is 13.7. The molecule has 0 unspecified atom stereocenters. The average Bonchev–Trinajstić information content (AvgIpc) is 3.55. The van der Waals surface area contributed by atoms with Gasteiger partial charge in [0.25, 0.3) is 0 Å². The minimum absolute atomic E-state index is 0.637. The lowest BCUT2D eigenvalue weighted by molar-refractivity contribution is 1.07. The highest BCUT2D eigenvalue weighted by molar-refractivity contribution is 6.20. The predicted octanol–water partition coefficient (Wildman–Crippen LogP) is 12.6. The van der Waals surface area contributed by atoms with Crippen molar-refractivity contribution in [3.05, 3.63) is 182 Å². The zero-order valence-corrected chi connectivity index (χ0v) is 28.6. The number of para-hydroxylation sites is 1. The van der Waals surface area contributed by atoms with E-state index in [0.717, 1.165) is 27.8 Å².